The average Bonchev–Trinajstić information content (AvgIpc) is 2.87. The predicted molar refractivity (Wildman–Crippen MR) is 87.4 cm³/mol. The molecule has 0 aliphatic carbocycles. The topological polar surface area (TPSA) is 111 Å². The number of anilines is 1. The number of halogens is 2. The fourth-order valence-corrected chi connectivity index (χ4v) is 2.53. The van der Waals surface area contributed by atoms with Gasteiger partial charge in [-0.1, -0.05) is 0 Å². The van der Waals surface area contributed by atoms with Crippen LogP contribution in [0.2, 0.25) is 0 Å². The van der Waals surface area contributed by atoms with Crippen molar-refractivity contribution in [2.24, 2.45) is 5.73 Å². The van der Waals surface area contributed by atoms with Gasteiger partial charge in [0, 0.05) is 12.8 Å². The van der Waals surface area contributed by atoms with E-state index in [9.17, 15) is 13.2 Å². The van der Waals surface area contributed by atoms with E-state index in [-0.39, 0.29) is 41.9 Å². The van der Waals surface area contributed by atoms with E-state index in [4.69, 9.17) is 10.5 Å². The molecule has 22 heavy (non-hydrogen) atoms. The second-order valence-electron chi connectivity index (χ2n) is 4.71. The second-order valence-corrected chi connectivity index (χ2v) is 6.67. The van der Waals surface area contributed by atoms with E-state index < -0.39 is 15.9 Å². The Morgan fingerprint density at radius 3 is 2.55 bits per heavy atom. The second kappa shape index (κ2) is 8.64. The van der Waals surface area contributed by atoms with Crippen molar-refractivity contribution in [3.8, 4) is 0 Å². The van der Waals surface area contributed by atoms with Gasteiger partial charge < -0.3 is 15.8 Å². The van der Waals surface area contributed by atoms with Gasteiger partial charge in [0.2, 0.25) is 0 Å². The van der Waals surface area contributed by atoms with Crippen LogP contribution < -0.4 is 11.1 Å². The smallest absolute Gasteiger partial charge is 0.253 e. The monoisotopic (exact) mass is 371 g/mol. The van der Waals surface area contributed by atoms with Gasteiger partial charge in [0.25, 0.3) is 5.91 Å². The van der Waals surface area contributed by atoms with E-state index in [0.717, 1.165) is 12.7 Å². The minimum absolute atomic E-state index is 0. The first kappa shape index (κ1) is 21.1. The number of hydrogen-bond acceptors (Lipinski definition) is 6. The highest BCUT2D eigenvalue weighted by molar-refractivity contribution is 7.90. The summed E-state index contributed by atoms with van der Waals surface area (Å²) in [6.45, 7) is 0.397. The molecule has 1 amide bonds. The van der Waals surface area contributed by atoms with Crippen LogP contribution in [0.5, 0.6) is 0 Å². The van der Waals surface area contributed by atoms with Gasteiger partial charge >= 0.3 is 0 Å². The molecule has 1 aromatic heterocycles. The molecule has 2 rings (SSSR count). The fraction of sp³-hybridized carbons (Fsp3) is 0.500. The molecule has 0 aromatic carbocycles. The van der Waals surface area contributed by atoms with Crippen molar-refractivity contribution in [1.29, 1.82) is 0 Å². The summed E-state index contributed by atoms with van der Waals surface area (Å²) in [6.07, 6.45) is 3.19. The maximum Gasteiger partial charge on any atom is 0.253 e. The summed E-state index contributed by atoms with van der Waals surface area (Å²) in [6, 6.07) is 2.85. The van der Waals surface area contributed by atoms with Crippen molar-refractivity contribution in [2.75, 3.05) is 18.1 Å². The van der Waals surface area contributed by atoms with Crippen molar-refractivity contribution < 1.29 is 17.9 Å². The van der Waals surface area contributed by atoms with Crippen LogP contribution in [0, 0.1) is 0 Å². The lowest BCUT2D eigenvalue weighted by molar-refractivity contribution is -0.126. The van der Waals surface area contributed by atoms with E-state index in [1.807, 2.05) is 0 Å². The summed E-state index contributed by atoms with van der Waals surface area (Å²) < 4.78 is 28.0. The number of sulfone groups is 1. The van der Waals surface area contributed by atoms with Crippen molar-refractivity contribution in [1.82, 2.24) is 4.98 Å². The highest BCUT2D eigenvalue weighted by Gasteiger charge is 2.29. The summed E-state index contributed by atoms with van der Waals surface area (Å²) in [4.78, 5) is 15.7. The Kier molecular flexibility index (Phi) is 8.27. The summed E-state index contributed by atoms with van der Waals surface area (Å²) in [5.41, 5.74) is 5.92. The van der Waals surface area contributed by atoms with E-state index in [0.29, 0.717) is 18.7 Å². The zero-order chi connectivity index (χ0) is 14.8. The van der Waals surface area contributed by atoms with E-state index in [1.165, 1.54) is 18.3 Å². The summed E-state index contributed by atoms with van der Waals surface area (Å²) in [7, 11) is -3.34. The number of aromatic nitrogens is 1. The lowest BCUT2D eigenvalue weighted by Gasteiger charge is -2.12. The number of carbonyl (C=O) groups is 1. The molecular weight excluding hydrogens is 353 g/mol. The third-order valence-electron chi connectivity index (χ3n) is 3.05. The Hall–Kier alpha value is -0.930. The lowest BCUT2D eigenvalue weighted by Crippen LogP contribution is -2.29. The minimum Gasteiger partial charge on any atom is -0.364 e. The zero-order valence-corrected chi connectivity index (χ0v) is 14.3. The van der Waals surface area contributed by atoms with Gasteiger partial charge in [0.15, 0.2) is 14.9 Å². The van der Waals surface area contributed by atoms with Crippen LogP contribution in [0.1, 0.15) is 12.8 Å². The van der Waals surface area contributed by atoms with Gasteiger partial charge in [-0.2, -0.15) is 0 Å². The van der Waals surface area contributed by atoms with Crippen molar-refractivity contribution >= 4 is 46.2 Å². The largest absolute Gasteiger partial charge is 0.364 e. The number of hydrogen-bond donors (Lipinski definition) is 2. The van der Waals surface area contributed by atoms with Crippen molar-refractivity contribution in [2.45, 2.75) is 30.1 Å². The molecule has 1 aliphatic heterocycles. The zero-order valence-electron chi connectivity index (χ0n) is 11.9. The Balaban J connectivity index is 0.00000220. The number of carbonyl (C=O) groups excluding carboxylic acids is 1. The van der Waals surface area contributed by atoms with Crippen LogP contribution in [0.15, 0.2) is 23.4 Å². The molecule has 1 aliphatic rings. The molecule has 1 saturated heterocycles. The third-order valence-corrected chi connectivity index (χ3v) is 4.05. The highest BCUT2D eigenvalue weighted by Crippen LogP contribution is 2.20. The standard InChI is InChI=1S/C12H17N3O4S.2ClH/c1-20(17,18)11-5-2-8(7-14-11)15-12(16)10-4-3-9(6-13)19-10;;/h2,5,7,9-10H,3-4,6,13H2,1H3,(H,15,16);2*1H/t9-,10+;;/m1../s1. The number of pyridine rings is 1. The first-order valence-corrected chi connectivity index (χ1v) is 8.12. The molecule has 0 spiro atoms. The Morgan fingerprint density at radius 1 is 1.41 bits per heavy atom. The molecule has 2 heterocycles. The lowest BCUT2D eigenvalue weighted by atomic mass is 10.2. The predicted octanol–water partition coefficient (Wildman–Crippen LogP) is 0.773. The molecule has 0 bridgehead atoms. The van der Waals surface area contributed by atoms with Crippen molar-refractivity contribution in [3.63, 3.8) is 0 Å². The molecule has 0 radical (unpaired) electrons. The first-order valence-electron chi connectivity index (χ1n) is 6.22. The van der Waals surface area contributed by atoms with Gasteiger partial charge in [-0.25, -0.2) is 13.4 Å². The summed E-state index contributed by atoms with van der Waals surface area (Å²) in [5.74, 6) is -0.269. The van der Waals surface area contributed by atoms with Gasteiger partial charge in [0.1, 0.15) is 6.10 Å². The molecular formula is C12H19Cl2N3O4S. The number of nitrogens with one attached hydrogen (secondary N) is 1. The Morgan fingerprint density at radius 2 is 2.09 bits per heavy atom. The average molecular weight is 372 g/mol. The molecule has 7 nitrogen and oxygen atoms in total. The maximum atomic E-state index is 11.9. The number of nitrogens with two attached hydrogens (primary N) is 1. The minimum atomic E-state index is -3.34. The van der Waals surface area contributed by atoms with Gasteiger partial charge in [-0.05, 0) is 25.0 Å². The number of ether oxygens (including phenoxy) is 1. The molecule has 126 valence electrons. The van der Waals surface area contributed by atoms with Crippen molar-refractivity contribution in [3.05, 3.63) is 18.3 Å². The SMILES string of the molecule is CS(=O)(=O)c1ccc(NC(=O)[C@@H]2CC[C@H](CN)O2)cn1.Cl.Cl. The number of nitrogens with zero attached hydrogens (tertiary/aromatic N) is 1. The van der Waals surface area contributed by atoms with Crippen LogP contribution in [-0.4, -0.2) is 44.3 Å². The van der Waals surface area contributed by atoms with Gasteiger partial charge in [-0.15, -0.1) is 24.8 Å². The van der Waals surface area contributed by atoms with Crippen LogP contribution in [0.25, 0.3) is 0 Å². The highest BCUT2D eigenvalue weighted by atomic mass is 35.5. The normalized spacial score (nSPS) is 20.6. The fourth-order valence-electron chi connectivity index (χ4n) is 1.97. The molecule has 0 unspecified atom stereocenters. The molecule has 1 aromatic rings. The molecule has 0 saturated carbocycles. The van der Waals surface area contributed by atoms with Crippen LogP contribution in [-0.2, 0) is 19.4 Å². The van der Waals surface area contributed by atoms with Crippen LogP contribution in [0.4, 0.5) is 5.69 Å². The van der Waals surface area contributed by atoms with E-state index in [2.05, 4.69) is 10.3 Å². The Bertz CT molecular complexity index is 595. The third kappa shape index (κ3) is 5.36. The summed E-state index contributed by atoms with van der Waals surface area (Å²) in [5, 5.41) is 2.61. The maximum absolute atomic E-state index is 11.9. The van der Waals surface area contributed by atoms with Gasteiger partial charge in [-0.3, -0.25) is 4.79 Å². The molecule has 2 atom stereocenters. The number of amides is 1. The van der Waals surface area contributed by atoms with Crippen LogP contribution >= 0.6 is 24.8 Å². The first-order chi connectivity index (χ1) is 9.40. The number of rotatable bonds is 4. The Labute approximate surface area is 141 Å². The summed E-state index contributed by atoms with van der Waals surface area (Å²) >= 11 is 0. The molecule has 10 heteroatoms. The van der Waals surface area contributed by atoms with E-state index in [1.54, 1.807) is 0 Å². The van der Waals surface area contributed by atoms with E-state index >= 15 is 0 Å². The van der Waals surface area contributed by atoms with Gasteiger partial charge in [0.05, 0.1) is 18.0 Å². The molecule has 1 fully saturated rings. The van der Waals surface area contributed by atoms with Crippen LogP contribution in [0.3, 0.4) is 0 Å². The quantitative estimate of drug-likeness (QED) is 0.808. The molecule has 3 N–H and O–H groups in total.